The van der Waals surface area contributed by atoms with Crippen LogP contribution in [0, 0.1) is 10.1 Å². The Bertz CT molecular complexity index is 1090. The van der Waals surface area contributed by atoms with Crippen molar-refractivity contribution in [3.05, 3.63) is 95.0 Å². The van der Waals surface area contributed by atoms with E-state index in [1.54, 1.807) is 60.7 Å². The molecule has 0 aliphatic rings. The number of para-hydroxylation sites is 2. The first-order chi connectivity index (χ1) is 13.5. The Hall–Kier alpha value is -3.72. The van der Waals surface area contributed by atoms with E-state index in [0.29, 0.717) is 5.69 Å². The van der Waals surface area contributed by atoms with Gasteiger partial charge in [0.15, 0.2) is 0 Å². The zero-order valence-electron chi connectivity index (χ0n) is 14.4. The SMILES string of the molecule is O=C(N=S(=O)(Oc1ccccc1)c1ccc([N+](=O)[O-])cc1)Nc1ccccc1. The Kier molecular flexibility index (Phi) is 5.66. The van der Waals surface area contributed by atoms with Crippen LogP contribution in [-0.2, 0) is 10.0 Å². The molecule has 3 aromatic carbocycles. The predicted molar refractivity (Wildman–Crippen MR) is 104 cm³/mol. The third-order valence-electron chi connectivity index (χ3n) is 3.53. The van der Waals surface area contributed by atoms with E-state index in [1.807, 2.05) is 0 Å². The van der Waals surface area contributed by atoms with Gasteiger partial charge in [0.2, 0.25) is 10.0 Å². The van der Waals surface area contributed by atoms with Crippen molar-refractivity contribution in [3.63, 3.8) is 0 Å². The molecule has 0 aliphatic carbocycles. The van der Waals surface area contributed by atoms with Crippen molar-refractivity contribution in [2.75, 3.05) is 5.32 Å². The summed E-state index contributed by atoms with van der Waals surface area (Å²) in [6.45, 7) is 0. The van der Waals surface area contributed by atoms with Gasteiger partial charge in [-0.2, -0.15) is 0 Å². The van der Waals surface area contributed by atoms with Crippen molar-refractivity contribution in [2.24, 2.45) is 4.36 Å². The summed E-state index contributed by atoms with van der Waals surface area (Å²) in [5.41, 5.74) is 0.292. The second kappa shape index (κ2) is 8.31. The molecule has 0 saturated carbocycles. The lowest BCUT2D eigenvalue weighted by Gasteiger charge is -2.12. The number of amides is 2. The zero-order valence-corrected chi connectivity index (χ0v) is 15.2. The topological polar surface area (TPSA) is 111 Å². The quantitative estimate of drug-likeness (QED) is 0.498. The molecule has 28 heavy (non-hydrogen) atoms. The average Bonchev–Trinajstić information content (AvgIpc) is 2.69. The predicted octanol–water partition coefficient (Wildman–Crippen LogP) is 4.65. The van der Waals surface area contributed by atoms with Gasteiger partial charge in [-0.15, -0.1) is 4.36 Å². The zero-order chi connectivity index (χ0) is 20.0. The third kappa shape index (κ3) is 4.71. The summed E-state index contributed by atoms with van der Waals surface area (Å²) in [5.74, 6) is 0.238. The standard InChI is InChI=1S/C19H15N3O5S/c23-19(20-15-7-3-1-4-8-15)21-28(26,27-17-9-5-2-6-10-17)18-13-11-16(12-14-18)22(24)25/h1-14H,(H,20,23). The molecule has 1 atom stereocenters. The third-order valence-corrected chi connectivity index (χ3v) is 5.22. The van der Waals surface area contributed by atoms with Crippen molar-refractivity contribution >= 4 is 27.4 Å². The summed E-state index contributed by atoms with van der Waals surface area (Å²) in [4.78, 5) is 22.6. The molecule has 3 aromatic rings. The number of nitrogens with zero attached hydrogens (tertiary/aromatic N) is 2. The lowest BCUT2D eigenvalue weighted by atomic mass is 10.3. The van der Waals surface area contributed by atoms with E-state index < -0.39 is 21.0 Å². The van der Waals surface area contributed by atoms with E-state index in [0.717, 1.165) is 0 Å². The molecular formula is C19H15N3O5S. The Labute approximate surface area is 161 Å². The van der Waals surface area contributed by atoms with E-state index in [1.165, 1.54) is 24.3 Å². The minimum absolute atomic E-state index is 0.0326. The van der Waals surface area contributed by atoms with Crippen molar-refractivity contribution in [1.82, 2.24) is 0 Å². The van der Waals surface area contributed by atoms with Crippen LogP contribution in [-0.4, -0.2) is 15.2 Å². The number of nitro groups is 1. The largest absolute Gasteiger partial charge is 0.392 e. The van der Waals surface area contributed by atoms with Crippen molar-refractivity contribution in [1.29, 1.82) is 0 Å². The normalized spacial score (nSPS) is 12.4. The molecule has 0 aliphatic heterocycles. The first kappa shape index (κ1) is 19.1. The summed E-state index contributed by atoms with van der Waals surface area (Å²) in [6, 6.07) is 20.8. The summed E-state index contributed by atoms with van der Waals surface area (Å²) in [5, 5.41) is 13.4. The van der Waals surface area contributed by atoms with Gasteiger partial charge in [-0.3, -0.25) is 10.1 Å². The molecule has 0 spiro atoms. The fraction of sp³-hybridized carbons (Fsp3) is 0. The van der Waals surface area contributed by atoms with Crippen LogP contribution in [0.1, 0.15) is 0 Å². The van der Waals surface area contributed by atoms with E-state index in [9.17, 15) is 19.1 Å². The number of non-ortho nitro benzene ring substituents is 1. The Morgan fingerprint density at radius 2 is 1.50 bits per heavy atom. The number of anilines is 1. The van der Waals surface area contributed by atoms with Crippen LogP contribution in [0.3, 0.4) is 0 Å². The van der Waals surface area contributed by atoms with Crippen LogP contribution < -0.4 is 9.50 Å². The highest BCUT2D eigenvalue weighted by molar-refractivity contribution is 7.89. The Morgan fingerprint density at radius 3 is 2.07 bits per heavy atom. The van der Waals surface area contributed by atoms with Crippen LogP contribution >= 0.6 is 0 Å². The molecule has 1 N–H and O–H groups in total. The summed E-state index contributed by atoms with van der Waals surface area (Å²) in [7, 11) is -3.69. The van der Waals surface area contributed by atoms with Gasteiger partial charge in [-0.1, -0.05) is 36.4 Å². The van der Waals surface area contributed by atoms with Crippen LogP contribution in [0.15, 0.2) is 94.2 Å². The van der Waals surface area contributed by atoms with E-state index in [2.05, 4.69) is 9.68 Å². The molecule has 9 heteroatoms. The minimum atomic E-state index is -3.69. The summed E-state index contributed by atoms with van der Waals surface area (Å²) < 4.78 is 22.7. The number of hydrogen-bond donors (Lipinski definition) is 1. The van der Waals surface area contributed by atoms with E-state index in [-0.39, 0.29) is 16.3 Å². The number of urea groups is 1. The van der Waals surface area contributed by atoms with Crippen molar-refractivity contribution in [3.8, 4) is 5.75 Å². The fourth-order valence-electron chi connectivity index (χ4n) is 2.24. The molecule has 0 saturated heterocycles. The molecule has 0 bridgehead atoms. The summed E-state index contributed by atoms with van der Waals surface area (Å²) >= 11 is 0. The van der Waals surface area contributed by atoms with Gasteiger partial charge in [0.25, 0.3) is 5.69 Å². The molecule has 2 amide bonds. The maximum atomic E-state index is 13.4. The highest BCUT2D eigenvalue weighted by atomic mass is 32.2. The molecular weight excluding hydrogens is 382 g/mol. The van der Waals surface area contributed by atoms with Gasteiger partial charge >= 0.3 is 6.03 Å². The molecule has 8 nitrogen and oxygen atoms in total. The first-order valence-corrected chi connectivity index (χ1v) is 9.52. The maximum absolute atomic E-state index is 13.4. The van der Waals surface area contributed by atoms with Crippen LogP contribution in [0.25, 0.3) is 0 Å². The van der Waals surface area contributed by atoms with Gasteiger partial charge in [0, 0.05) is 17.8 Å². The number of carbonyl (C=O) groups is 1. The summed E-state index contributed by atoms with van der Waals surface area (Å²) in [6.07, 6.45) is 0. The molecule has 0 fully saturated rings. The van der Waals surface area contributed by atoms with Crippen LogP contribution in [0.4, 0.5) is 16.2 Å². The number of rotatable bonds is 5. The smallest absolute Gasteiger partial charge is 0.356 e. The first-order valence-electron chi connectivity index (χ1n) is 8.08. The van der Waals surface area contributed by atoms with Crippen LogP contribution in [0.5, 0.6) is 5.75 Å². The maximum Gasteiger partial charge on any atom is 0.356 e. The van der Waals surface area contributed by atoms with Crippen molar-refractivity contribution in [2.45, 2.75) is 4.90 Å². The van der Waals surface area contributed by atoms with Gasteiger partial charge in [0.1, 0.15) is 5.75 Å². The van der Waals surface area contributed by atoms with Crippen LogP contribution in [0.2, 0.25) is 0 Å². The average molecular weight is 397 g/mol. The number of nitrogens with one attached hydrogen (secondary N) is 1. The van der Waals surface area contributed by atoms with Gasteiger partial charge in [-0.25, -0.2) is 9.00 Å². The van der Waals surface area contributed by atoms with Crippen molar-refractivity contribution < 1.29 is 18.1 Å². The second-order valence-electron chi connectivity index (χ2n) is 5.51. The lowest BCUT2D eigenvalue weighted by molar-refractivity contribution is -0.384. The highest BCUT2D eigenvalue weighted by Gasteiger charge is 2.19. The van der Waals surface area contributed by atoms with E-state index >= 15 is 0 Å². The van der Waals surface area contributed by atoms with Gasteiger partial charge < -0.3 is 9.50 Å². The Morgan fingerprint density at radius 1 is 0.929 bits per heavy atom. The molecule has 142 valence electrons. The number of carbonyl (C=O) groups excluding carboxylic acids is 1. The number of nitro benzene ring substituents is 1. The monoisotopic (exact) mass is 397 g/mol. The molecule has 0 radical (unpaired) electrons. The minimum Gasteiger partial charge on any atom is -0.392 e. The Balaban J connectivity index is 1.99. The molecule has 1 unspecified atom stereocenters. The van der Waals surface area contributed by atoms with Gasteiger partial charge in [0.05, 0.1) is 9.82 Å². The highest BCUT2D eigenvalue weighted by Crippen LogP contribution is 2.23. The molecule has 3 rings (SSSR count). The van der Waals surface area contributed by atoms with E-state index in [4.69, 9.17) is 4.18 Å². The fourth-order valence-corrected chi connectivity index (χ4v) is 3.60. The molecule has 0 heterocycles. The molecule has 0 aromatic heterocycles. The second-order valence-corrected chi connectivity index (χ2v) is 7.28. The number of benzene rings is 3. The van der Waals surface area contributed by atoms with Gasteiger partial charge in [-0.05, 0) is 36.4 Å². The lowest BCUT2D eigenvalue weighted by Crippen LogP contribution is -2.15. The number of hydrogen-bond acceptors (Lipinski definition) is 5.